The molecule has 1 aliphatic rings. The van der Waals surface area contributed by atoms with Gasteiger partial charge in [-0.1, -0.05) is 32.0 Å². The molecule has 1 aromatic heterocycles. The monoisotopic (exact) mass is 256 g/mol. The van der Waals surface area contributed by atoms with E-state index in [0.717, 1.165) is 29.6 Å². The lowest BCUT2D eigenvalue weighted by molar-refractivity contribution is -0.120. The lowest BCUT2D eigenvalue weighted by Crippen LogP contribution is -2.10. The Balaban J connectivity index is 1.91. The predicted molar refractivity (Wildman–Crippen MR) is 76.0 cm³/mol. The predicted octanol–water partition coefficient (Wildman–Crippen LogP) is 3.21. The van der Waals surface area contributed by atoms with Crippen molar-refractivity contribution in [3.63, 3.8) is 0 Å². The highest BCUT2D eigenvalue weighted by molar-refractivity contribution is 5.91. The first-order valence-corrected chi connectivity index (χ1v) is 7.00. The van der Waals surface area contributed by atoms with Crippen molar-refractivity contribution in [1.82, 2.24) is 9.78 Å². The maximum Gasteiger partial charge on any atom is 0.142 e. The van der Waals surface area contributed by atoms with Gasteiger partial charge >= 0.3 is 0 Å². The summed E-state index contributed by atoms with van der Waals surface area (Å²) in [6.07, 6.45) is 1.50. The first-order valence-electron chi connectivity index (χ1n) is 7.00. The van der Waals surface area contributed by atoms with E-state index in [-0.39, 0.29) is 11.3 Å². The standard InChI is InChI=1S/C16H20N2O/c1-4-18-14-8-6-5-7-11(14)13(17-18)9-15(19)12-10-16(12,2)3/h5-8,12H,4,9-10H2,1-3H3. The number of para-hydroxylation sites is 1. The quantitative estimate of drug-likeness (QED) is 0.842. The van der Waals surface area contributed by atoms with Crippen LogP contribution in [-0.2, 0) is 17.8 Å². The Hall–Kier alpha value is -1.64. The van der Waals surface area contributed by atoms with Crippen LogP contribution in [0.5, 0.6) is 0 Å². The van der Waals surface area contributed by atoms with E-state index < -0.39 is 0 Å². The van der Waals surface area contributed by atoms with Gasteiger partial charge < -0.3 is 0 Å². The molecule has 3 nitrogen and oxygen atoms in total. The molecule has 19 heavy (non-hydrogen) atoms. The maximum absolute atomic E-state index is 12.3. The fourth-order valence-electron chi connectivity index (χ4n) is 2.87. The maximum atomic E-state index is 12.3. The van der Waals surface area contributed by atoms with Crippen LogP contribution in [0.2, 0.25) is 0 Å². The summed E-state index contributed by atoms with van der Waals surface area (Å²) in [5, 5.41) is 5.72. The Bertz CT molecular complexity index is 639. The van der Waals surface area contributed by atoms with Gasteiger partial charge in [0.15, 0.2) is 0 Å². The van der Waals surface area contributed by atoms with Crippen molar-refractivity contribution in [2.75, 3.05) is 0 Å². The molecule has 1 saturated carbocycles. The third-order valence-corrected chi connectivity index (χ3v) is 4.28. The van der Waals surface area contributed by atoms with Gasteiger partial charge in [0.25, 0.3) is 0 Å². The molecule has 1 aliphatic carbocycles. The van der Waals surface area contributed by atoms with Crippen molar-refractivity contribution in [1.29, 1.82) is 0 Å². The van der Waals surface area contributed by atoms with Crippen LogP contribution in [0.4, 0.5) is 0 Å². The van der Waals surface area contributed by atoms with Gasteiger partial charge in [-0.3, -0.25) is 9.48 Å². The highest BCUT2D eigenvalue weighted by Gasteiger charge is 2.50. The smallest absolute Gasteiger partial charge is 0.142 e. The second-order valence-corrected chi connectivity index (χ2v) is 6.17. The van der Waals surface area contributed by atoms with E-state index in [4.69, 9.17) is 0 Å². The number of rotatable bonds is 4. The van der Waals surface area contributed by atoms with Gasteiger partial charge in [-0.2, -0.15) is 5.10 Å². The topological polar surface area (TPSA) is 34.9 Å². The number of aromatic nitrogens is 2. The summed E-state index contributed by atoms with van der Waals surface area (Å²) in [4.78, 5) is 12.3. The van der Waals surface area contributed by atoms with Crippen molar-refractivity contribution < 1.29 is 4.79 Å². The zero-order valence-electron chi connectivity index (χ0n) is 11.8. The van der Waals surface area contributed by atoms with Crippen LogP contribution in [0.25, 0.3) is 10.9 Å². The van der Waals surface area contributed by atoms with Crippen molar-refractivity contribution in [3.05, 3.63) is 30.0 Å². The van der Waals surface area contributed by atoms with Crippen molar-refractivity contribution in [3.8, 4) is 0 Å². The summed E-state index contributed by atoms with van der Waals surface area (Å²) >= 11 is 0. The number of hydrogen-bond acceptors (Lipinski definition) is 2. The number of hydrogen-bond donors (Lipinski definition) is 0. The van der Waals surface area contributed by atoms with E-state index in [2.05, 4.69) is 38.0 Å². The fourth-order valence-corrected chi connectivity index (χ4v) is 2.87. The molecule has 0 bridgehead atoms. The van der Waals surface area contributed by atoms with Crippen LogP contribution >= 0.6 is 0 Å². The van der Waals surface area contributed by atoms with Crippen LogP contribution in [-0.4, -0.2) is 15.6 Å². The third-order valence-electron chi connectivity index (χ3n) is 4.28. The number of ketones is 1. The van der Waals surface area contributed by atoms with E-state index in [1.54, 1.807) is 0 Å². The number of carbonyl (C=O) groups is 1. The SMILES string of the molecule is CCn1nc(CC(=O)C2CC2(C)C)c2ccccc21. The molecule has 0 amide bonds. The highest BCUT2D eigenvalue weighted by atomic mass is 16.1. The number of benzene rings is 1. The average Bonchev–Trinajstić information content (AvgIpc) is 2.90. The van der Waals surface area contributed by atoms with E-state index in [1.165, 1.54) is 0 Å². The minimum atomic E-state index is 0.209. The van der Waals surface area contributed by atoms with Gasteiger partial charge in [0, 0.05) is 17.8 Å². The Kier molecular flexibility index (Phi) is 2.73. The summed E-state index contributed by atoms with van der Waals surface area (Å²) in [5.41, 5.74) is 2.27. The molecule has 1 aromatic carbocycles. The first-order chi connectivity index (χ1) is 9.03. The highest BCUT2D eigenvalue weighted by Crippen LogP contribution is 2.52. The van der Waals surface area contributed by atoms with Gasteiger partial charge in [0.2, 0.25) is 0 Å². The fraction of sp³-hybridized carbons (Fsp3) is 0.500. The first kappa shape index (κ1) is 12.4. The molecular formula is C16H20N2O. The Morgan fingerprint density at radius 1 is 1.42 bits per heavy atom. The Morgan fingerprint density at radius 2 is 2.11 bits per heavy atom. The van der Waals surface area contributed by atoms with Crippen LogP contribution in [0.1, 0.15) is 32.9 Å². The number of Topliss-reactive ketones (excluding diaryl/α,β-unsaturated/α-hetero) is 1. The van der Waals surface area contributed by atoms with Crippen molar-refractivity contribution >= 4 is 16.7 Å². The van der Waals surface area contributed by atoms with Crippen LogP contribution in [0.3, 0.4) is 0 Å². The normalized spacial score (nSPS) is 20.7. The number of carbonyl (C=O) groups excluding carboxylic acids is 1. The molecule has 0 N–H and O–H groups in total. The van der Waals surface area contributed by atoms with Crippen molar-refractivity contribution in [2.45, 2.75) is 40.2 Å². The van der Waals surface area contributed by atoms with Gasteiger partial charge in [-0.15, -0.1) is 0 Å². The molecule has 1 atom stereocenters. The molecule has 100 valence electrons. The molecule has 3 heteroatoms. The minimum absolute atomic E-state index is 0.209. The van der Waals surface area contributed by atoms with E-state index in [1.807, 2.05) is 16.8 Å². The number of aryl methyl sites for hydroxylation is 1. The molecule has 0 radical (unpaired) electrons. The molecule has 2 aromatic rings. The second kappa shape index (κ2) is 4.19. The molecule has 0 saturated heterocycles. The van der Waals surface area contributed by atoms with Gasteiger partial charge in [0.1, 0.15) is 5.78 Å². The van der Waals surface area contributed by atoms with Crippen LogP contribution in [0, 0.1) is 11.3 Å². The molecule has 1 fully saturated rings. The summed E-state index contributed by atoms with van der Waals surface area (Å²) in [5.74, 6) is 0.578. The van der Waals surface area contributed by atoms with E-state index in [0.29, 0.717) is 12.2 Å². The molecule has 1 heterocycles. The summed E-state index contributed by atoms with van der Waals surface area (Å²) in [6.45, 7) is 7.25. The molecule has 0 spiro atoms. The molecule has 1 unspecified atom stereocenters. The lowest BCUT2D eigenvalue weighted by atomic mass is 10.0. The van der Waals surface area contributed by atoms with Crippen molar-refractivity contribution in [2.24, 2.45) is 11.3 Å². The lowest BCUT2D eigenvalue weighted by Gasteiger charge is -2.01. The van der Waals surface area contributed by atoms with E-state index >= 15 is 0 Å². The zero-order chi connectivity index (χ0) is 13.6. The zero-order valence-corrected chi connectivity index (χ0v) is 11.8. The number of fused-ring (bicyclic) bond motifs is 1. The average molecular weight is 256 g/mol. The third kappa shape index (κ3) is 2.07. The van der Waals surface area contributed by atoms with Crippen LogP contribution < -0.4 is 0 Å². The Labute approximate surface area is 113 Å². The molecule has 3 rings (SSSR count). The molecule has 0 aliphatic heterocycles. The van der Waals surface area contributed by atoms with E-state index in [9.17, 15) is 4.79 Å². The minimum Gasteiger partial charge on any atom is -0.299 e. The van der Waals surface area contributed by atoms with Gasteiger partial charge in [-0.25, -0.2) is 0 Å². The largest absolute Gasteiger partial charge is 0.299 e. The van der Waals surface area contributed by atoms with Gasteiger partial charge in [0.05, 0.1) is 17.6 Å². The van der Waals surface area contributed by atoms with Gasteiger partial charge in [-0.05, 0) is 24.8 Å². The second-order valence-electron chi connectivity index (χ2n) is 6.17. The summed E-state index contributed by atoms with van der Waals surface area (Å²) < 4.78 is 1.98. The molecular weight excluding hydrogens is 236 g/mol. The number of nitrogens with zero attached hydrogens (tertiary/aromatic N) is 2. The Morgan fingerprint density at radius 3 is 2.74 bits per heavy atom. The summed E-state index contributed by atoms with van der Waals surface area (Å²) in [7, 11) is 0. The summed E-state index contributed by atoms with van der Waals surface area (Å²) in [6, 6.07) is 8.17. The van der Waals surface area contributed by atoms with Crippen LogP contribution in [0.15, 0.2) is 24.3 Å².